The molecule has 0 bridgehead atoms. The summed E-state index contributed by atoms with van der Waals surface area (Å²) in [5.74, 6) is 1.69. The predicted octanol–water partition coefficient (Wildman–Crippen LogP) is 5.23. The molecule has 5 aromatic rings. The fourth-order valence-electron chi connectivity index (χ4n) is 3.18. The summed E-state index contributed by atoms with van der Waals surface area (Å²) in [5.41, 5.74) is 3.23. The number of aromatic nitrogens is 3. The zero-order valence-corrected chi connectivity index (χ0v) is 16.9. The first-order valence-electron chi connectivity index (χ1n) is 9.40. The van der Waals surface area contributed by atoms with E-state index in [2.05, 4.69) is 5.16 Å². The van der Waals surface area contributed by atoms with Gasteiger partial charge in [0, 0.05) is 11.8 Å². The first-order valence-corrected chi connectivity index (χ1v) is 10.4. The van der Waals surface area contributed by atoms with Crippen molar-refractivity contribution >= 4 is 22.7 Å². The Kier molecular flexibility index (Phi) is 4.72. The molecule has 0 aliphatic rings. The van der Waals surface area contributed by atoms with Crippen molar-refractivity contribution in [2.45, 2.75) is 17.8 Å². The Balaban J connectivity index is 1.53. The molecule has 0 amide bonds. The van der Waals surface area contributed by atoms with Crippen LogP contribution in [-0.4, -0.2) is 14.7 Å². The van der Waals surface area contributed by atoms with E-state index in [1.54, 1.807) is 23.0 Å². The number of hydrogen-bond acceptors (Lipinski definition) is 6. The summed E-state index contributed by atoms with van der Waals surface area (Å²) in [6.45, 7) is 2.02. The molecule has 0 radical (unpaired) electrons. The molecule has 2 aromatic carbocycles. The average Bonchev–Trinajstić information content (AvgIpc) is 3.45. The van der Waals surface area contributed by atoms with Crippen LogP contribution in [0.2, 0.25) is 0 Å². The Bertz CT molecular complexity index is 1370. The summed E-state index contributed by atoms with van der Waals surface area (Å²) >= 11 is 1.44. The summed E-state index contributed by atoms with van der Waals surface area (Å²) < 4.78 is 12.4. The molecule has 0 aliphatic heterocycles. The van der Waals surface area contributed by atoms with E-state index in [1.165, 1.54) is 11.8 Å². The van der Waals surface area contributed by atoms with E-state index < -0.39 is 0 Å². The van der Waals surface area contributed by atoms with Gasteiger partial charge in [0.25, 0.3) is 5.56 Å². The van der Waals surface area contributed by atoms with Crippen molar-refractivity contribution in [3.63, 3.8) is 0 Å². The van der Waals surface area contributed by atoms with Crippen molar-refractivity contribution in [1.29, 1.82) is 0 Å². The highest BCUT2D eigenvalue weighted by Crippen LogP contribution is 2.27. The molecular formula is C23H17N3O3S. The third-order valence-electron chi connectivity index (χ3n) is 4.71. The summed E-state index contributed by atoms with van der Waals surface area (Å²) in [6.07, 6.45) is 1.59. The van der Waals surface area contributed by atoms with Crippen LogP contribution in [0, 0.1) is 6.92 Å². The van der Waals surface area contributed by atoms with Crippen molar-refractivity contribution in [3.8, 4) is 17.2 Å². The normalized spacial score (nSPS) is 11.2. The summed E-state index contributed by atoms with van der Waals surface area (Å²) in [7, 11) is 0. The van der Waals surface area contributed by atoms with E-state index in [9.17, 15) is 4.79 Å². The smallest absolute Gasteiger partial charge is 0.266 e. The Morgan fingerprint density at radius 1 is 1.00 bits per heavy atom. The second-order valence-electron chi connectivity index (χ2n) is 6.84. The quantitative estimate of drug-likeness (QED) is 0.289. The molecule has 0 aliphatic carbocycles. The number of furan rings is 1. The van der Waals surface area contributed by atoms with Crippen molar-refractivity contribution in [2.24, 2.45) is 0 Å². The summed E-state index contributed by atoms with van der Waals surface area (Å²) in [4.78, 5) is 18.0. The highest BCUT2D eigenvalue weighted by molar-refractivity contribution is 7.98. The minimum absolute atomic E-state index is 0.0941. The van der Waals surface area contributed by atoms with Gasteiger partial charge in [-0.3, -0.25) is 9.36 Å². The van der Waals surface area contributed by atoms with Crippen LogP contribution in [0.4, 0.5) is 0 Å². The van der Waals surface area contributed by atoms with E-state index >= 15 is 0 Å². The van der Waals surface area contributed by atoms with Crippen LogP contribution in [0.5, 0.6) is 0 Å². The maximum Gasteiger partial charge on any atom is 0.266 e. The number of nitrogens with zero attached hydrogens (tertiary/aromatic N) is 3. The van der Waals surface area contributed by atoms with E-state index in [-0.39, 0.29) is 5.56 Å². The number of aryl methyl sites for hydroxylation is 1. The molecule has 0 fully saturated rings. The fraction of sp³-hybridized carbons (Fsp3) is 0.0870. The first kappa shape index (κ1) is 18.4. The highest BCUT2D eigenvalue weighted by atomic mass is 32.2. The zero-order chi connectivity index (χ0) is 20.5. The zero-order valence-electron chi connectivity index (χ0n) is 16.1. The lowest BCUT2D eigenvalue weighted by atomic mass is 10.2. The van der Waals surface area contributed by atoms with Crippen LogP contribution in [0.25, 0.3) is 28.1 Å². The van der Waals surface area contributed by atoms with Gasteiger partial charge in [-0.1, -0.05) is 46.7 Å². The molecular weight excluding hydrogens is 398 g/mol. The fourth-order valence-corrected chi connectivity index (χ4v) is 4.08. The van der Waals surface area contributed by atoms with Gasteiger partial charge in [0.15, 0.2) is 10.9 Å². The van der Waals surface area contributed by atoms with Crippen molar-refractivity contribution in [3.05, 3.63) is 94.6 Å². The second-order valence-corrected chi connectivity index (χ2v) is 7.78. The molecule has 0 saturated heterocycles. The van der Waals surface area contributed by atoms with Crippen LogP contribution in [0.3, 0.4) is 0 Å². The van der Waals surface area contributed by atoms with E-state index in [0.717, 1.165) is 16.9 Å². The monoisotopic (exact) mass is 415 g/mol. The van der Waals surface area contributed by atoms with Gasteiger partial charge in [0.2, 0.25) is 5.76 Å². The third-order valence-corrected chi connectivity index (χ3v) is 5.68. The molecule has 3 aromatic heterocycles. The maximum absolute atomic E-state index is 13.3. The van der Waals surface area contributed by atoms with Crippen LogP contribution in [0.1, 0.15) is 11.3 Å². The van der Waals surface area contributed by atoms with Crippen LogP contribution >= 0.6 is 11.8 Å². The van der Waals surface area contributed by atoms with Crippen molar-refractivity contribution < 1.29 is 8.94 Å². The van der Waals surface area contributed by atoms with Gasteiger partial charge in [-0.15, -0.1) is 0 Å². The van der Waals surface area contributed by atoms with Gasteiger partial charge < -0.3 is 8.94 Å². The maximum atomic E-state index is 13.3. The van der Waals surface area contributed by atoms with Crippen LogP contribution in [0.15, 0.2) is 91.9 Å². The molecule has 0 saturated carbocycles. The van der Waals surface area contributed by atoms with Crippen LogP contribution in [-0.2, 0) is 5.75 Å². The topological polar surface area (TPSA) is 74.1 Å². The number of benzene rings is 2. The number of fused-ring (bicyclic) bond motifs is 1. The van der Waals surface area contributed by atoms with Gasteiger partial charge in [-0.05, 0) is 43.3 Å². The molecule has 0 N–H and O–H groups in total. The Morgan fingerprint density at radius 2 is 1.83 bits per heavy atom. The van der Waals surface area contributed by atoms with E-state index in [0.29, 0.717) is 33.3 Å². The molecule has 0 spiro atoms. The van der Waals surface area contributed by atoms with E-state index in [4.69, 9.17) is 13.9 Å². The standard InChI is InChI=1S/C23H17N3O3S/c1-15-8-10-17(11-9-15)26-22(27)18-5-2-3-6-19(18)24-23(26)30-14-16-13-21(29-25-16)20-7-4-12-28-20/h2-13H,14H2,1H3. The second kappa shape index (κ2) is 7.68. The predicted molar refractivity (Wildman–Crippen MR) is 116 cm³/mol. The number of hydrogen-bond donors (Lipinski definition) is 0. The molecule has 5 rings (SSSR count). The third kappa shape index (κ3) is 3.44. The Hall–Kier alpha value is -3.58. The highest BCUT2D eigenvalue weighted by Gasteiger charge is 2.15. The molecule has 6 nitrogen and oxygen atoms in total. The van der Waals surface area contributed by atoms with Gasteiger partial charge in [-0.25, -0.2) is 4.98 Å². The largest absolute Gasteiger partial charge is 0.461 e. The van der Waals surface area contributed by atoms with Crippen molar-refractivity contribution in [2.75, 3.05) is 0 Å². The van der Waals surface area contributed by atoms with Gasteiger partial charge in [-0.2, -0.15) is 0 Å². The SMILES string of the molecule is Cc1ccc(-n2c(SCc3cc(-c4ccco4)on3)nc3ccccc3c2=O)cc1. The molecule has 7 heteroatoms. The van der Waals surface area contributed by atoms with Gasteiger partial charge in [0.05, 0.1) is 28.5 Å². The van der Waals surface area contributed by atoms with Gasteiger partial charge in [0.1, 0.15) is 0 Å². The molecule has 148 valence electrons. The summed E-state index contributed by atoms with van der Waals surface area (Å²) in [5, 5.41) is 5.30. The number of thioether (sulfide) groups is 1. The van der Waals surface area contributed by atoms with E-state index in [1.807, 2.05) is 61.5 Å². The summed E-state index contributed by atoms with van der Waals surface area (Å²) in [6, 6.07) is 20.7. The first-order chi connectivity index (χ1) is 14.7. The lowest BCUT2D eigenvalue weighted by Crippen LogP contribution is -2.21. The minimum Gasteiger partial charge on any atom is -0.461 e. The minimum atomic E-state index is -0.0941. The number of rotatable bonds is 5. The molecule has 0 atom stereocenters. The number of para-hydroxylation sites is 1. The molecule has 3 heterocycles. The molecule has 0 unspecified atom stereocenters. The van der Waals surface area contributed by atoms with Gasteiger partial charge >= 0.3 is 0 Å². The Labute approximate surface area is 176 Å². The van der Waals surface area contributed by atoms with Crippen molar-refractivity contribution in [1.82, 2.24) is 14.7 Å². The Morgan fingerprint density at radius 3 is 2.63 bits per heavy atom. The van der Waals surface area contributed by atoms with Crippen LogP contribution < -0.4 is 5.56 Å². The average molecular weight is 415 g/mol. The molecule has 30 heavy (non-hydrogen) atoms. The lowest BCUT2D eigenvalue weighted by Gasteiger charge is -2.13. The lowest BCUT2D eigenvalue weighted by molar-refractivity contribution is 0.413.